The number of rotatable bonds is 3. The van der Waals surface area contributed by atoms with Gasteiger partial charge in [-0.15, -0.1) is 11.3 Å². The lowest BCUT2D eigenvalue weighted by Crippen LogP contribution is -2.49. The summed E-state index contributed by atoms with van der Waals surface area (Å²) in [6.07, 6.45) is 3.38. The van der Waals surface area contributed by atoms with Gasteiger partial charge >= 0.3 is 0 Å². The highest BCUT2D eigenvalue weighted by atomic mass is 32.1. The van der Waals surface area contributed by atoms with Crippen LogP contribution in [0.15, 0.2) is 36.7 Å². The molecule has 1 fully saturated rings. The van der Waals surface area contributed by atoms with Crippen LogP contribution in [0, 0.1) is 20.8 Å². The van der Waals surface area contributed by atoms with Gasteiger partial charge in [0.25, 0.3) is 5.91 Å². The van der Waals surface area contributed by atoms with Crippen LogP contribution in [-0.2, 0) is 0 Å². The quantitative estimate of drug-likeness (QED) is 0.682. The number of nitrogens with zero attached hydrogens (tertiary/aromatic N) is 5. The molecular formula is C21H23N5OS. The first-order valence-electron chi connectivity index (χ1n) is 9.40. The summed E-state index contributed by atoms with van der Waals surface area (Å²) in [7, 11) is 0. The zero-order valence-corrected chi connectivity index (χ0v) is 17.2. The fraction of sp³-hybridized carbons (Fsp3) is 0.333. The highest BCUT2D eigenvalue weighted by Gasteiger charge is 2.26. The summed E-state index contributed by atoms with van der Waals surface area (Å²) in [4.78, 5) is 31.0. The summed E-state index contributed by atoms with van der Waals surface area (Å²) < 4.78 is 0. The molecule has 7 heteroatoms. The van der Waals surface area contributed by atoms with E-state index in [0.717, 1.165) is 18.8 Å². The zero-order valence-electron chi connectivity index (χ0n) is 16.3. The van der Waals surface area contributed by atoms with Gasteiger partial charge in [-0.05, 0) is 44.0 Å². The molecule has 3 aromatic rings. The van der Waals surface area contributed by atoms with Gasteiger partial charge in [-0.25, -0.2) is 15.0 Å². The number of hydrogen-bond donors (Lipinski definition) is 0. The summed E-state index contributed by atoms with van der Waals surface area (Å²) in [5, 5.41) is 0.690. The van der Waals surface area contributed by atoms with Crippen molar-refractivity contribution in [1.29, 1.82) is 0 Å². The van der Waals surface area contributed by atoms with Gasteiger partial charge in [-0.3, -0.25) is 4.79 Å². The molecule has 0 atom stereocenters. The van der Waals surface area contributed by atoms with E-state index in [1.54, 1.807) is 18.5 Å². The van der Waals surface area contributed by atoms with Gasteiger partial charge in [-0.2, -0.15) is 0 Å². The Bertz CT molecular complexity index is 993. The monoisotopic (exact) mass is 393 g/mol. The van der Waals surface area contributed by atoms with Crippen LogP contribution in [0.3, 0.4) is 0 Å². The van der Waals surface area contributed by atoms with Gasteiger partial charge < -0.3 is 9.80 Å². The second-order valence-corrected chi connectivity index (χ2v) is 8.00. The first kappa shape index (κ1) is 18.6. The topological polar surface area (TPSA) is 62.2 Å². The third-order valence-corrected chi connectivity index (χ3v) is 6.37. The number of aromatic nitrogens is 3. The van der Waals surface area contributed by atoms with Crippen LogP contribution in [0.5, 0.6) is 0 Å². The Balaban J connectivity index is 1.47. The molecule has 6 nitrogen and oxygen atoms in total. The SMILES string of the molecule is Cc1cccc(N2CCN(C(=O)c3sc(-c4ncccn4)nc3C)CC2)c1C. The van der Waals surface area contributed by atoms with Crippen molar-refractivity contribution in [2.45, 2.75) is 20.8 Å². The van der Waals surface area contributed by atoms with E-state index in [-0.39, 0.29) is 5.91 Å². The number of benzene rings is 1. The third-order valence-electron chi connectivity index (χ3n) is 5.23. The Morgan fingerprint density at radius 2 is 1.71 bits per heavy atom. The number of carbonyl (C=O) groups is 1. The van der Waals surface area contributed by atoms with Crippen LogP contribution in [0.2, 0.25) is 0 Å². The molecule has 1 saturated heterocycles. The van der Waals surface area contributed by atoms with Crippen LogP contribution in [0.4, 0.5) is 5.69 Å². The predicted octanol–water partition coefficient (Wildman–Crippen LogP) is 3.49. The van der Waals surface area contributed by atoms with E-state index in [0.29, 0.717) is 28.8 Å². The average molecular weight is 394 g/mol. The van der Waals surface area contributed by atoms with Crippen LogP contribution in [0.1, 0.15) is 26.5 Å². The van der Waals surface area contributed by atoms with Gasteiger partial charge in [0, 0.05) is 44.3 Å². The minimum absolute atomic E-state index is 0.0535. The average Bonchev–Trinajstić information content (AvgIpc) is 3.12. The number of piperazine rings is 1. The molecule has 3 heterocycles. The smallest absolute Gasteiger partial charge is 0.265 e. The highest BCUT2D eigenvalue weighted by molar-refractivity contribution is 7.17. The molecule has 144 valence electrons. The van der Waals surface area contributed by atoms with E-state index < -0.39 is 0 Å². The zero-order chi connectivity index (χ0) is 19.7. The maximum atomic E-state index is 13.1. The van der Waals surface area contributed by atoms with Crippen molar-refractivity contribution in [1.82, 2.24) is 19.9 Å². The molecule has 0 N–H and O–H groups in total. The van der Waals surface area contributed by atoms with Crippen LogP contribution >= 0.6 is 11.3 Å². The molecule has 0 unspecified atom stereocenters. The Morgan fingerprint density at radius 3 is 2.43 bits per heavy atom. The van der Waals surface area contributed by atoms with Gasteiger partial charge in [0.15, 0.2) is 10.8 Å². The number of aryl methyl sites for hydroxylation is 2. The van der Waals surface area contributed by atoms with Crippen molar-refractivity contribution in [3.8, 4) is 10.8 Å². The summed E-state index contributed by atoms with van der Waals surface area (Å²) in [5.74, 6) is 0.618. The molecule has 4 rings (SSSR count). The maximum Gasteiger partial charge on any atom is 0.265 e. The molecule has 0 radical (unpaired) electrons. The lowest BCUT2D eigenvalue weighted by molar-refractivity contribution is 0.0750. The number of amides is 1. The van der Waals surface area contributed by atoms with E-state index in [9.17, 15) is 4.79 Å². The molecule has 1 aliphatic rings. The molecule has 1 aromatic carbocycles. The molecule has 1 aliphatic heterocycles. The lowest BCUT2D eigenvalue weighted by Gasteiger charge is -2.37. The molecule has 2 aromatic heterocycles. The van der Waals surface area contributed by atoms with E-state index in [1.807, 2.05) is 11.8 Å². The highest BCUT2D eigenvalue weighted by Crippen LogP contribution is 2.28. The van der Waals surface area contributed by atoms with Crippen molar-refractivity contribution < 1.29 is 4.79 Å². The summed E-state index contributed by atoms with van der Waals surface area (Å²) >= 11 is 1.38. The Hall–Kier alpha value is -2.80. The van der Waals surface area contributed by atoms with Gasteiger partial charge in [-0.1, -0.05) is 12.1 Å². The summed E-state index contributed by atoms with van der Waals surface area (Å²) in [6.45, 7) is 9.27. The summed E-state index contributed by atoms with van der Waals surface area (Å²) in [6, 6.07) is 8.17. The fourth-order valence-electron chi connectivity index (χ4n) is 3.47. The van der Waals surface area contributed by atoms with E-state index >= 15 is 0 Å². The van der Waals surface area contributed by atoms with Crippen molar-refractivity contribution in [3.63, 3.8) is 0 Å². The van der Waals surface area contributed by atoms with Crippen LogP contribution in [0.25, 0.3) is 10.8 Å². The number of thiazole rings is 1. The van der Waals surface area contributed by atoms with Crippen molar-refractivity contribution >= 4 is 22.9 Å². The normalized spacial score (nSPS) is 14.4. The predicted molar refractivity (Wildman–Crippen MR) is 112 cm³/mol. The van der Waals surface area contributed by atoms with Gasteiger partial charge in [0.1, 0.15) is 4.88 Å². The number of hydrogen-bond acceptors (Lipinski definition) is 6. The van der Waals surface area contributed by atoms with E-state index in [4.69, 9.17) is 0 Å². The Labute approximate surface area is 168 Å². The standard InChI is InChI=1S/C21H23N5OS/c1-14-6-4-7-17(15(14)2)25-10-12-26(13-11-25)21(27)18-16(3)24-20(28-18)19-22-8-5-9-23-19/h4-9H,10-13H2,1-3H3. The first-order valence-corrected chi connectivity index (χ1v) is 10.2. The molecule has 0 saturated carbocycles. The van der Waals surface area contributed by atoms with Crippen LogP contribution in [-0.4, -0.2) is 51.9 Å². The van der Waals surface area contributed by atoms with Crippen molar-refractivity contribution in [2.75, 3.05) is 31.1 Å². The van der Waals surface area contributed by atoms with Gasteiger partial charge in [0.2, 0.25) is 0 Å². The third kappa shape index (κ3) is 3.49. The largest absolute Gasteiger partial charge is 0.368 e. The molecule has 1 amide bonds. The fourth-order valence-corrected chi connectivity index (χ4v) is 4.45. The molecule has 0 aliphatic carbocycles. The molecule has 0 spiro atoms. The molecular weight excluding hydrogens is 370 g/mol. The van der Waals surface area contributed by atoms with Crippen LogP contribution < -0.4 is 4.90 Å². The van der Waals surface area contributed by atoms with Crippen molar-refractivity contribution in [3.05, 3.63) is 58.4 Å². The van der Waals surface area contributed by atoms with Crippen molar-refractivity contribution in [2.24, 2.45) is 0 Å². The maximum absolute atomic E-state index is 13.1. The van der Waals surface area contributed by atoms with Gasteiger partial charge in [0.05, 0.1) is 5.69 Å². The second-order valence-electron chi connectivity index (χ2n) is 7.00. The van der Waals surface area contributed by atoms with E-state index in [1.165, 1.54) is 28.2 Å². The second kappa shape index (κ2) is 7.67. The Morgan fingerprint density at radius 1 is 1.00 bits per heavy atom. The number of anilines is 1. The molecule has 28 heavy (non-hydrogen) atoms. The minimum Gasteiger partial charge on any atom is -0.368 e. The lowest BCUT2D eigenvalue weighted by atomic mass is 10.1. The number of carbonyl (C=O) groups excluding carboxylic acids is 1. The Kier molecular flexibility index (Phi) is 5.09. The molecule has 0 bridgehead atoms. The van der Waals surface area contributed by atoms with E-state index in [2.05, 4.69) is 51.9 Å². The minimum atomic E-state index is 0.0535. The summed E-state index contributed by atoms with van der Waals surface area (Å²) in [5.41, 5.74) is 4.62. The first-order chi connectivity index (χ1) is 13.5.